The molecule has 7 heteroatoms. The second-order valence-corrected chi connectivity index (χ2v) is 8.01. The number of ether oxygens (including phenoxy) is 1. The van der Waals surface area contributed by atoms with E-state index in [-0.39, 0.29) is 18.5 Å². The van der Waals surface area contributed by atoms with Gasteiger partial charge in [0.15, 0.2) is 0 Å². The number of allylic oxidation sites excluding steroid dienone is 1. The summed E-state index contributed by atoms with van der Waals surface area (Å²) in [6, 6.07) is 10.1. The lowest BCUT2D eigenvalue weighted by Crippen LogP contribution is -2.28. The molecule has 0 bridgehead atoms. The molecule has 2 N–H and O–H groups in total. The Labute approximate surface area is 181 Å². The van der Waals surface area contributed by atoms with Crippen molar-refractivity contribution in [3.63, 3.8) is 0 Å². The van der Waals surface area contributed by atoms with E-state index in [2.05, 4.69) is 20.5 Å². The standard InChI is InChI=1S/C22H23ClN4O.ClH/c23-15-10-11-24-21-18-13-25-27-20(22(18)26-19(21)12-15)14-6-8-17(9-7-14)28-16-4-2-1-3-5-16;/h1-5,10,12,14,17,24,26H,6-9,11,13H2;1H/t14-,17+;. The SMILES string of the molecule is Cl.ClC1=CCNc2c3c([nH]c2=C1)=C([C@H]1CC[C@@H](Oc2ccccc2)CC1)N=NC3. The zero-order chi connectivity index (χ0) is 18.9. The summed E-state index contributed by atoms with van der Waals surface area (Å²) in [5.74, 6) is 1.37. The van der Waals surface area contributed by atoms with Crippen molar-refractivity contribution in [2.75, 3.05) is 11.9 Å². The lowest BCUT2D eigenvalue weighted by molar-refractivity contribution is 0.142. The van der Waals surface area contributed by atoms with Crippen LogP contribution in [0, 0.1) is 5.92 Å². The Morgan fingerprint density at radius 3 is 2.66 bits per heavy atom. The molecule has 0 saturated heterocycles. The van der Waals surface area contributed by atoms with Crippen LogP contribution in [0.25, 0.3) is 11.8 Å². The van der Waals surface area contributed by atoms with E-state index in [0.717, 1.165) is 65.1 Å². The number of anilines is 1. The first-order valence-corrected chi connectivity index (χ1v) is 10.3. The second-order valence-electron chi connectivity index (χ2n) is 7.57. The minimum absolute atomic E-state index is 0. The minimum Gasteiger partial charge on any atom is -0.490 e. The summed E-state index contributed by atoms with van der Waals surface area (Å²) in [6.45, 7) is 1.33. The quantitative estimate of drug-likeness (QED) is 0.753. The molecule has 0 atom stereocenters. The monoisotopic (exact) mass is 430 g/mol. The zero-order valence-electron chi connectivity index (χ0n) is 16.0. The first-order chi connectivity index (χ1) is 13.8. The zero-order valence-corrected chi connectivity index (χ0v) is 17.6. The molecular weight excluding hydrogens is 407 g/mol. The number of para-hydroxylation sites is 1. The van der Waals surface area contributed by atoms with Crippen LogP contribution in [0.15, 0.2) is 51.7 Å². The molecule has 3 heterocycles. The summed E-state index contributed by atoms with van der Waals surface area (Å²) < 4.78 is 6.15. The Balaban J connectivity index is 0.00000205. The van der Waals surface area contributed by atoms with Crippen LogP contribution in [-0.4, -0.2) is 17.6 Å². The topological polar surface area (TPSA) is 61.8 Å². The molecule has 2 aromatic rings. The fourth-order valence-electron chi connectivity index (χ4n) is 4.36. The molecule has 0 spiro atoms. The molecule has 1 aliphatic carbocycles. The average molecular weight is 431 g/mol. The average Bonchev–Trinajstić information content (AvgIpc) is 2.95. The van der Waals surface area contributed by atoms with Gasteiger partial charge in [0.05, 0.1) is 34.7 Å². The first kappa shape index (κ1) is 20.0. The van der Waals surface area contributed by atoms with Crippen LogP contribution in [0.4, 0.5) is 5.69 Å². The number of hydrogen-bond donors (Lipinski definition) is 2. The molecule has 0 amide bonds. The van der Waals surface area contributed by atoms with E-state index >= 15 is 0 Å². The third-order valence-electron chi connectivity index (χ3n) is 5.76. The highest BCUT2D eigenvalue weighted by atomic mass is 35.5. The molecule has 0 radical (unpaired) electrons. The smallest absolute Gasteiger partial charge is 0.119 e. The predicted octanol–water partition coefficient (Wildman–Crippen LogP) is 4.48. The first-order valence-electron chi connectivity index (χ1n) is 9.93. The molecule has 29 heavy (non-hydrogen) atoms. The minimum atomic E-state index is 0. The third kappa shape index (κ3) is 4.07. The number of hydrogen-bond acceptors (Lipinski definition) is 4. The van der Waals surface area contributed by atoms with Crippen molar-refractivity contribution in [1.82, 2.24) is 4.98 Å². The van der Waals surface area contributed by atoms with Gasteiger partial charge >= 0.3 is 0 Å². The van der Waals surface area contributed by atoms with Gasteiger partial charge in [-0.05, 0) is 50.0 Å². The molecule has 2 aliphatic heterocycles. The fourth-order valence-corrected chi connectivity index (χ4v) is 4.54. The van der Waals surface area contributed by atoms with Crippen LogP contribution in [0.1, 0.15) is 31.2 Å². The Kier molecular flexibility index (Phi) is 5.97. The summed E-state index contributed by atoms with van der Waals surface area (Å²) in [7, 11) is 0. The number of azo groups is 1. The van der Waals surface area contributed by atoms with E-state index in [4.69, 9.17) is 16.3 Å². The fraction of sp³-hybridized carbons (Fsp3) is 0.364. The van der Waals surface area contributed by atoms with Crippen LogP contribution in [0.3, 0.4) is 0 Å². The number of aromatic nitrogens is 1. The van der Waals surface area contributed by atoms with E-state index in [0.29, 0.717) is 12.5 Å². The Bertz CT molecular complexity index is 1050. The number of benzene rings is 1. The number of rotatable bonds is 3. The molecular formula is C22H24Cl2N4O. The normalized spacial score (nSPS) is 22.8. The summed E-state index contributed by atoms with van der Waals surface area (Å²) in [5, 5.41) is 15.4. The van der Waals surface area contributed by atoms with Gasteiger partial charge in [-0.2, -0.15) is 10.2 Å². The maximum absolute atomic E-state index is 6.26. The van der Waals surface area contributed by atoms with Gasteiger partial charge in [-0.15, -0.1) is 12.4 Å². The summed E-state index contributed by atoms with van der Waals surface area (Å²) in [4.78, 5) is 3.56. The van der Waals surface area contributed by atoms with Gasteiger partial charge in [-0.1, -0.05) is 29.8 Å². The van der Waals surface area contributed by atoms with E-state index in [1.807, 2.05) is 42.5 Å². The lowest BCUT2D eigenvalue weighted by Gasteiger charge is -2.29. The van der Waals surface area contributed by atoms with Crippen molar-refractivity contribution in [2.45, 2.75) is 38.3 Å². The molecule has 152 valence electrons. The van der Waals surface area contributed by atoms with Crippen molar-refractivity contribution < 1.29 is 4.74 Å². The molecule has 1 aromatic carbocycles. The second kappa shape index (κ2) is 8.64. The maximum atomic E-state index is 6.26. The Morgan fingerprint density at radius 2 is 1.86 bits per heavy atom. The van der Waals surface area contributed by atoms with Gasteiger partial charge in [0.1, 0.15) is 5.75 Å². The number of H-pyrrole nitrogens is 1. The van der Waals surface area contributed by atoms with E-state index in [1.54, 1.807) is 0 Å². The highest BCUT2D eigenvalue weighted by Crippen LogP contribution is 2.34. The van der Waals surface area contributed by atoms with E-state index < -0.39 is 0 Å². The molecule has 1 fully saturated rings. The van der Waals surface area contributed by atoms with Crippen LogP contribution < -0.4 is 20.8 Å². The number of aromatic amines is 1. The number of fused-ring (bicyclic) bond motifs is 3. The van der Waals surface area contributed by atoms with Crippen LogP contribution >= 0.6 is 24.0 Å². The van der Waals surface area contributed by atoms with Gasteiger partial charge in [-0.3, -0.25) is 0 Å². The molecule has 1 saturated carbocycles. The van der Waals surface area contributed by atoms with Crippen LogP contribution in [0.2, 0.25) is 0 Å². The molecule has 5 nitrogen and oxygen atoms in total. The van der Waals surface area contributed by atoms with Crippen molar-refractivity contribution in [3.05, 3.63) is 57.7 Å². The number of nitrogens with one attached hydrogen (secondary N) is 2. The van der Waals surface area contributed by atoms with E-state index in [9.17, 15) is 0 Å². The van der Waals surface area contributed by atoms with E-state index in [1.165, 1.54) is 5.56 Å². The van der Waals surface area contributed by atoms with Crippen molar-refractivity contribution in [1.29, 1.82) is 0 Å². The van der Waals surface area contributed by atoms with Crippen LogP contribution in [0.5, 0.6) is 5.75 Å². The molecule has 5 rings (SSSR count). The number of halogens is 2. The van der Waals surface area contributed by atoms with Gasteiger partial charge in [0, 0.05) is 23.1 Å². The molecule has 3 aliphatic rings. The summed E-state index contributed by atoms with van der Waals surface area (Å²) in [6.07, 6.45) is 8.43. The maximum Gasteiger partial charge on any atom is 0.119 e. The highest BCUT2D eigenvalue weighted by molar-refractivity contribution is 6.34. The summed E-state index contributed by atoms with van der Waals surface area (Å²) in [5.41, 5.74) is 3.40. The number of nitrogens with zero attached hydrogens (tertiary/aromatic N) is 2. The van der Waals surface area contributed by atoms with Crippen molar-refractivity contribution >= 4 is 41.5 Å². The van der Waals surface area contributed by atoms with Gasteiger partial charge in [0.25, 0.3) is 0 Å². The largest absolute Gasteiger partial charge is 0.490 e. The molecule has 0 unspecified atom stereocenters. The van der Waals surface area contributed by atoms with Gasteiger partial charge in [0.2, 0.25) is 0 Å². The molecule has 1 aromatic heterocycles. The van der Waals surface area contributed by atoms with Crippen molar-refractivity contribution in [2.24, 2.45) is 16.1 Å². The summed E-state index contributed by atoms with van der Waals surface area (Å²) >= 11 is 6.26. The predicted molar refractivity (Wildman–Crippen MR) is 119 cm³/mol. The highest BCUT2D eigenvalue weighted by Gasteiger charge is 2.28. The van der Waals surface area contributed by atoms with Gasteiger partial charge < -0.3 is 15.0 Å². The third-order valence-corrected chi connectivity index (χ3v) is 6.02. The van der Waals surface area contributed by atoms with Gasteiger partial charge in [-0.25, -0.2) is 0 Å². The Hall–Kier alpha value is -2.24. The Morgan fingerprint density at radius 1 is 1.07 bits per heavy atom. The lowest BCUT2D eigenvalue weighted by atomic mass is 9.84. The van der Waals surface area contributed by atoms with Crippen molar-refractivity contribution in [3.8, 4) is 5.75 Å². The van der Waals surface area contributed by atoms with Crippen LogP contribution in [-0.2, 0) is 6.54 Å².